The zero-order chi connectivity index (χ0) is 24.2. The third-order valence-electron chi connectivity index (χ3n) is 6.01. The summed E-state index contributed by atoms with van der Waals surface area (Å²) in [6.45, 7) is 3.73. The van der Waals surface area contributed by atoms with Crippen LogP contribution in [0.2, 0.25) is 5.02 Å². The summed E-state index contributed by atoms with van der Waals surface area (Å²) in [6, 6.07) is 6.81. The van der Waals surface area contributed by atoms with E-state index in [0.717, 1.165) is 24.2 Å². The van der Waals surface area contributed by atoms with E-state index in [1.54, 1.807) is 13.0 Å². The van der Waals surface area contributed by atoms with Gasteiger partial charge in [-0.15, -0.1) is 0 Å². The van der Waals surface area contributed by atoms with Gasteiger partial charge >= 0.3 is 5.97 Å². The number of aliphatic imine (C=N–C) groups is 1. The number of esters is 1. The number of nitrogens with one attached hydrogen (secondary N) is 1. The minimum atomic E-state index is -0.506. The van der Waals surface area contributed by atoms with Crippen LogP contribution < -0.4 is 5.32 Å². The maximum atomic E-state index is 12.7. The van der Waals surface area contributed by atoms with Crippen molar-refractivity contribution in [2.24, 2.45) is 4.99 Å². The van der Waals surface area contributed by atoms with Crippen molar-refractivity contribution in [2.75, 3.05) is 26.7 Å². The topological polar surface area (TPSA) is 91.3 Å². The van der Waals surface area contributed by atoms with Crippen molar-refractivity contribution >= 4 is 46.3 Å². The number of hydrogen-bond acceptors (Lipinski definition) is 7. The van der Waals surface area contributed by atoms with Crippen molar-refractivity contribution in [1.82, 2.24) is 15.1 Å². The fourth-order valence-electron chi connectivity index (χ4n) is 4.40. The van der Waals surface area contributed by atoms with Crippen molar-refractivity contribution in [3.05, 3.63) is 57.2 Å². The Labute approximate surface area is 208 Å². The minimum Gasteiger partial charge on any atom is -0.466 e. The summed E-state index contributed by atoms with van der Waals surface area (Å²) in [5.74, 6) is -0.410. The third kappa shape index (κ3) is 5.15. The third-order valence-corrected chi connectivity index (χ3v) is 7.13. The second kappa shape index (κ2) is 10.7. The number of amidine groups is 1. The molecule has 34 heavy (non-hydrogen) atoms. The Morgan fingerprint density at radius 1 is 1.35 bits per heavy atom. The summed E-state index contributed by atoms with van der Waals surface area (Å²) >= 11 is 7.68. The van der Waals surface area contributed by atoms with Crippen LogP contribution in [0.3, 0.4) is 0 Å². The summed E-state index contributed by atoms with van der Waals surface area (Å²) in [6.07, 6.45) is 2.37. The van der Waals surface area contributed by atoms with Crippen LogP contribution in [0, 0.1) is 0 Å². The van der Waals surface area contributed by atoms with Gasteiger partial charge in [0.15, 0.2) is 5.17 Å². The van der Waals surface area contributed by atoms with E-state index in [1.807, 2.05) is 33.4 Å². The normalized spacial score (nSPS) is 19.7. The molecule has 8 nitrogen and oxygen atoms in total. The summed E-state index contributed by atoms with van der Waals surface area (Å²) in [4.78, 5) is 45.5. The standard InChI is InChI=1S/C24H27ClN4O4S/c1-15-21(23(32)33-2)22(16-6-3-7-17(25)12-16)29-18(14-34-24(29)27-15)13-19(30)26-9-5-11-28-10-4-8-20(28)31/h3,6-7,12,14,22H,4-5,8-11,13H2,1-2H3,(H,26,30)/t22-/m1/s1. The molecule has 0 aromatic heterocycles. The summed E-state index contributed by atoms with van der Waals surface area (Å²) in [5.41, 5.74) is 2.54. The highest BCUT2D eigenvalue weighted by Gasteiger charge is 2.41. The van der Waals surface area contributed by atoms with Gasteiger partial charge in [-0.05, 0) is 42.9 Å². The quantitative estimate of drug-likeness (QED) is 0.431. The highest BCUT2D eigenvalue weighted by molar-refractivity contribution is 8.16. The van der Waals surface area contributed by atoms with Crippen LogP contribution >= 0.6 is 23.4 Å². The van der Waals surface area contributed by atoms with Crippen molar-refractivity contribution < 1.29 is 19.1 Å². The van der Waals surface area contributed by atoms with Crippen LogP contribution in [0.1, 0.15) is 44.2 Å². The zero-order valence-corrected chi connectivity index (χ0v) is 20.7. The molecule has 1 aromatic carbocycles. The lowest BCUT2D eigenvalue weighted by Gasteiger charge is -2.36. The molecular weight excluding hydrogens is 476 g/mol. The van der Waals surface area contributed by atoms with E-state index < -0.39 is 12.0 Å². The Bertz CT molecular complexity index is 1100. The van der Waals surface area contributed by atoms with Gasteiger partial charge in [0.05, 0.1) is 30.8 Å². The van der Waals surface area contributed by atoms with Crippen LogP contribution in [-0.4, -0.2) is 59.5 Å². The zero-order valence-electron chi connectivity index (χ0n) is 19.2. The molecule has 2 amide bonds. The van der Waals surface area contributed by atoms with Gasteiger partial charge in [-0.25, -0.2) is 9.79 Å². The highest BCUT2D eigenvalue weighted by Crippen LogP contribution is 2.45. The first-order valence-electron chi connectivity index (χ1n) is 11.2. The molecule has 1 fully saturated rings. The van der Waals surface area contributed by atoms with Gasteiger partial charge < -0.3 is 19.9 Å². The molecule has 0 unspecified atom stereocenters. The second-order valence-corrected chi connectivity index (χ2v) is 9.58. The number of methoxy groups -OCH3 is 1. The number of carbonyl (C=O) groups is 3. The first-order valence-corrected chi connectivity index (χ1v) is 12.5. The predicted molar refractivity (Wildman–Crippen MR) is 132 cm³/mol. The van der Waals surface area contributed by atoms with Crippen molar-refractivity contribution in [3.8, 4) is 0 Å². The lowest BCUT2D eigenvalue weighted by Crippen LogP contribution is -2.38. The number of thioether (sulfide) groups is 1. The first kappa shape index (κ1) is 24.3. The van der Waals surface area contributed by atoms with E-state index in [9.17, 15) is 14.4 Å². The van der Waals surface area contributed by atoms with Gasteiger partial charge in [0, 0.05) is 36.8 Å². The number of likely N-dealkylation sites (tertiary alicyclic amines) is 1. The van der Waals surface area contributed by atoms with Gasteiger partial charge in [0.25, 0.3) is 0 Å². The summed E-state index contributed by atoms with van der Waals surface area (Å²) in [5, 5.41) is 6.09. The van der Waals surface area contributed by atoms with Crippen LogP contribution in [0.4, 0.5) is 0 Å². The molecule has 1 N–H and O–H groups in total. The van der Waals surface area contributed by atoms with Crippen LogP contribution in [0.5, 0.6) is 0 Å². The average Bonchev–Trinajstić information content (AvgIpc) is 3.40. The predicted octanol–water partition coefficient (Wildman–Crippen LogP) is 3.61. The number of allylic oxidation sites excluding steroid dienone is 1. The number of carbonyl (C=O) groups excluding carboxylic acids is 3. The van der Waals surface area contributed by atoms with Gasteiger partial charge in [0.1, 0.15) is 0 Å². The van der Waals surface area contributed by atoms with Gasteiger partial charge in [-0.2, -0.15) is 0 Å². The second-order valence-electron chi connectivity index (χ2n) is 8.30. The molecule has 1 saturated heterocycles. The highest BCUT2D eigenvalue weighted by atomic mass is 35.5. The van der Waals surface area contributed by atoms with Gasteiger partial charge in [0.2, 0.25) is 11.8 Å². The lowest BCUT2D eigenvalue weighted by atomic mass is 9.94. The number of rotatable bonds is 8. The number of ether oxygens (including phenoxy) is 1. The van der Waals surface area contributed by atoms with Gasteiger partial charge in [-0.3, -0.25) is 9.59 Å². The molecule has 0 aliphatic carbocycles. The van der Waals surface area contributed by atoms with E-state index >= 15 is 0 Å². The first-order chi connectivity index (χ1) is 16.4. The maximum Gasteiger partial charge on any atom is 0.338 e. The van der Waals surface area contributed by atoms with E-state index in [4.69, 9.17) is 16.3 Å². The van der Waals surface area contributed by atoms with E-state index in [-0.39, 0.29) is 18.2 Å². The van der Waals surface area contributed by atoms with E-state index in [2.05, 4.69) is 10.3 Å². The maximum absolute atomic E-state index is 12.7. The van der Waals surface area contributed by atoms with E-state index in [1.165, 1.54) is 18.9 Å². The lowest BCUT2D eigenvalue weighted by molar-refractivity contribution is -0.136. The molecule has 1 aromatic rings. The summed E-state index contributed by atoms with van der Waals surface area (Å²) in [7, 11) is 1.34. The molecule has 0 saturated carbocycles. The van der Waals surface area contributed by atoms with Crippen molar-refractivity contribution in [1.29, 1.82) is 0 Å². The van der Waals surface area contributed by atoms with E-state index in [0.29, 0.717) is 47.4 Å². The Kier molecular flexibility index (Phi) is 7.63. The molecule has 3 aliphatic heterocycles. The molecule has 4 rings (SSSR count). The Morgan fingerprint density at radius 3 is 2.88 bits per heavy atom. The molecule has 10 heteroatoms. The van der Waals surface area contributed by atoms with Crippen molar-refractivity contribution in [3.63, 3.8) is 0 Å². The number of fused-ring (bicyclic) bond motifs is 1. The number of halogens is 1. The molecule has 0 bridgehead atoms. The SMILES string of the molecule is COC(=O)C1=C(C)N=C2SC=C(CC(=O)NCCCN3CCCC3=O)N2[C@@H]1c1cccc(Cl)c1. The Morgan fingerprint density at radius 2 is 2.18 bits per heavy atom. The Balaban J connectivity index is 1.47. The summed E-state index contributed by atoms with van der Waals surface area (Å²) < 4.78 is 5.06. The molecule has 3 heterocycles. The minimum absolute atomic E-state index is 0.128. The molecule has 180 valence electrons. The fourth-order valence-corrected chi connectivity index (χ4v) is 5.56. The number of amides is 2. The molecule has 3 aliphatic rings. The molecular formula is C24H27ClN4O4S. The Hall–Kier alpha value is -2.78. The number of nitrogens with zero attached hydrogens (tertiary/aromatic N) is 3. The van der Waals surface area contributed by atoms with Crippen LogP contribution in [-0.2, 0) is 19.1 Å². The number of hydrogen-bond donors (Lipinski definition) is 1. The van der Waals surface area contributed by atoms with Crippen LogP contribution in [0.15, 0.2) is 51.6 Å². The largest absolute Gasteiger partial charge is 0.466 e. The average molecular weight is 503 g/mol. The molecule has 0 spiro atoms. The van der Waals surface area contributed by atoms with Crippen molar-refractivity contribution in [2.45, 2.75) is 38.6 Å². The number of benzene rings is 1. The fraction of sp³-hybridized carbons (Fsp3) is 0.417. The molecule has 0 radical (unpaired) electrons. The smallest absolute Gasteiger partial charge is 0.338 e. The van der Waals surface area contributed by atoms with Crippen LogP contribution in [0.25, 0.3) is 0 Å². The molecule has 1 atom stereocenters. The van der Waals surface area contributed by atoms with Gasteiger partial charge in [-0.1, -0.05) is 35.5 Å². The monoisotopic (exact) mass is 502 g/mol.